The van der Waals surface area contributed by atoms with Gasteiger partial charge in [0.2, 0.25) is 0 Å². The van der Waals surface area contributed by atoms with Gasteiger partial charge in [-0.1, -0.05) is 17.7 Å². The summed E-state index contributed by atoms with van der Waals surface area (Å²) < 4.78 is 5.32. The highest BCUT2D eigenvalue weighted by Crippen LogP contribution is 2.30. The number of benzene rings is 1. The summed E-state index contributed by atoms with van der Waals surface area (Å²) in [6.07, 6.45) is 4.90. The van der Waals surface area contributed by atoms with Crippen molar-refractivity contribution in [3.05, 3.63) is 52.3 Å². The summed E-state index contributed by atoms with van der Waals surface area (Å²) in [4.78, 5) is 4.16. The standard InChI is InChI=1S/C17H19ClN2O/c1-11-7-8-19-17(18)16(11)20-14-5-3-12-4-6-15(21-2)10-13(12)9-14/h4,6-8,10,14,20H,3,5,9H2,1-2H3. The van der Waals surface area contributed by atoms with Gasteiger partial charge in [-0.25, -0.2) is 4.98 Å². The van der Waals surface area contributed by atoms with E-state index in [2.05, 4.69) is 29.4 Å². The third-order valence-electron chi connectivity index (χ3n) is 4.10. The Morgan fingerprint density at radius 1 is 1.29 bits per heavy atom. The molecule has 1 unspecified atom stereocenters. The zero-order valence-corrected chi connectivity index (χ0v) is 13.1. The number of rotatable bonds is 3. The molecule has 1 aliphatic rings. The zero-order chi connectivity index (χ0) is 14.8. The molecule has 1 aliphatic carbocycles. The molecule has 21 heavy (non-hydrogen) atoms. The van der Waals surface area contributed by atoms with Gasteiger partial charge in [0.05, 0.1) is 12.8 Å². The van der Waals surface area contributed by atoms with Gasteiger partial charge < -0.3 is 10.1 Å². The molecule has 0 spiro atoms. The maximum Gasteiger partial charge on any atom is 0.152 e. The summed E-state index contributed by atoms with van der Waals surface area (Å²) in [6.45, 7) is 2.05. The van der Waals surface area contributed by atoms with Gasteiger partial charge in [0.15, 0.2) is 5.15 Å². The maximum absolute atomic E-state index is 6.20. The van der Waals surface area contributed by atoms with Crippen LogP contribution in [0.4, 0.5) is 5.69 Å². The van der Waals surface area contributed by atoms with E-state index in [1.54, 1.807) is 13.3 Å². The molecule has 0 saturated heterocycles. The van der Waals surface area contributed by atoms with Crippen LogP contribution in [-0.2, 0) is 12.8 Å². The van der Waals surface area contributed by atoms with E-state index in [4.69, 9.17) is 16.3 Å². The van der Waals surface area contributed by atoms with Crippen molar-refractivity contribution in [3.8, 4) is 5.75 Å². The number of nitrogens with one attached hydrogen (secondary N) is 1. The monoisotopic (exact) mass is 302 g/mol. The average molecular weight is 303 g/mol. The van der Waals surface area contributed by atoms with Crippen molar-refractivity contribution in [3.63, 3.8) is 0 Å². The van der Waals surface area contributed by atoms with E-state index in [1.165, 1.54) is 11.1 Å². The second-order valence-corrected chi connectivity index (χ2v) is 5.87. The number of aryl methyl sites for hydroxylation is 2. The number of nitrogens with zero attached hydrogens (tertiary/aromatic N) is 1. The van der Waals surface area contributed by atoms with E-state index < -0.39 is 0 Å². The average Bonchev–Trinajstić information content (AvgIpc) is 2.50. The molecular formula is C17H19ClN2O. The Bertz CT molecular complexity index is 637. The van der Waals surface area contributed by atoms with Crippen LogP contribution in [-0.4, -0.2) is 18.1 Å². The zero-order valence-electron chi connectivity index (χ0n) is 12.3. The molecule has 0 saturated carbocycles. The first-order valence-electron chi connectivity index (χ1n) is 7.21. The third kappa shape index (κ3) is 2.98. The fraction of sp³-hybridized carbons (Fsp3) is 0.353. The molecule has 1 aromatic carbocycles. The number of halogens is 1. The first-order valence-corrected chi connectivity index (χ1v) is 7.58. The molecule has 4 heteroatoms. The van der Waals surface area contributed by atoms with Gasteiger partial charge in [0.25, 0.3) is 0 Å². The minimum Gasteiger partial charge on any atom is -0.497 e. The summed E-state index contributed by atoms with van der Waals surface area (Å²) in [5.74, 6) is 0.921. The van der Waals surface area contributed by atoms with Crippen molar-refractivity contribution in [1.29, 1.82) is 0 Å². The van der Waals surface area contributed by atoms with Crippen LogP contribution in [0.1, 0.15) is 23.1 Å². The Kier molecular flexibility index (Phi) is 4.02. The van der Waals surface area contributed by atoms with Crippen molar-refractivity contribution < 1.29 is 4.74 Å². The molecule has 1 N–H and O–H groups in total. The predicted molar refractivity (Wildman–Crippen MR) is 86.4 cm³/mol. The van der Waals surface area contributed by atoms with Crippen LogP contribution < -0.4 is 10.1 Å². The summed E-state index contributed by atoms with van der Waals surface area (Å²) in [6, 6.07) is 8.71. The lowest BCUT2D eigenvalue weighted by Crippen LogP contribution is -2.28. The molecule has 1 atom stereocenters. The van der Waals surface area contributed by atoms with Crippen LogP contribution in [0.5, 0.6) is 5.75 Å². The van der Waals surface area contributed by atoms with E-state index in [1.807, 2.05) is 12.1 Å². The first-order chi connectivity index (χ1) is 10.2. The molecule has 1 aromatic heterocycles. The van der Waals surface area contributed by atoms with E-state index in [9.17, 15) is 0 Å². The molecule has 3 rings (SSSR count). The molecular weight excluding hydrogens is 284 g/mol. The number of pyridine rings is 1. The van der Waals surface area contributed by atoms with Crippen molar-refractivity contribution >= 4 is 17.3 Å². The molecule has 0 amide bonds. The minimum atomic E-state index is 0.380. The SMILES string of the molecule is COc1ccc2c(c1)CC(Nc1c(C)ccnc1Cl)CC2. The predicted octanol–water partition coefficient (Wildman–Crippen LogP) is 4.02. The van der Waals surface area contributed by atoms with E-state index >= 15 is 0 Å². The Labute approximate surface area is 130 Å². The van der Waals surface area contributed by atoms with Gasteiger partial charge in [-0.3, -0.25) is 0 Å². The number of methoxy groups -OCH3 is 1. The van der Waals surface area contributed by atoms with Crippen molar-refractivity contribution in [2.45, 2.75) is 32.2 Å². The van der Waals surface area contributed by atoms with Crippen molar-refractivity contribution in [2.75, 3.05) is 12.4 Å². The van der Waals surface area contributed by atoms with Crippen LogP contribution in [0, 0.1) is 6.92 Å². The summed E-state index contributed by atoms with van der Waals surface area (Å²) >= 11 is 6.20. The summed E-state index contributed by atoms with van der Waals surface area (Å²) in [7, 11) is 1.71. The number of ether oxygens (including phenoxy) is 1. The molecule has 0 aliphatic heterocycles. The van der Waals surface area contributed by atoms with E-state index in [0.717, 1.165) is 36.3 Å². The lowest BCUT2D eigenvalue weighted by atomic mass is 9.88. The largest absolute Gasteiger partial charge is 0.497 e. The smallest absolute Gasteiger partial charge is 0.152 e. The number of hydrogen-bond acceptors (Lipinski definition) is 3. The molecule has 0 bridgehead atoms. The summed E-state index contributed by atoms with van der Waals surface area (Å²) in [5, 5.41) is 4.11. The molecule has 0 fully saturated rings. The van der Waals surface area contributed by atoms with Gasteiger partial charge in [-0.15, -0.1) is 0 Å². The lowest BCUT2D eigenvalue weighted by molar-refractivity contribution is 0.413. The van der Waals surface area contributed by atoms with Crippen LogP contribution >= 0.6 is 11.6 Å². The Morgan fingerprint density at radius 2 is 2.14 bits per heavy atom. The van der Waals surface area contributed by atoms with Crippen molar-refractivity contribution in [2.24, 2.45) is 0 Å². The quantitative estimate of drug-likeness (QED) is 0.870. The van der Waals surface area contributed by atoms with Gasteiger partial charge in [-0.2, -0.15) is 0 Å². The van der Waals surface area contributed by atoms with E-state index in [0.29, 0.717) is 11.2 Å². The highest BCUT2D eigenvalue weighted by Gasteiger charge is 2.20. The fourth-order valence-electron chi connectivity index (χ4n) is 2.89. The van der Waals surface area contributed by atoms with Crippen LogP contribution in [0.2, 0.25) is 5.15 Å². The van der Waals surface area contributed by atoms with Crippen molar-refractivity contribution in [1.82, 2.24) is 4.98 Å². The Morgan fingerprint density at radius 3 is 2.90 bits per heavy atom. The third-order valence-corrected chi connectivity index (χ3v) is 4.39. The number of anilines is 1. The number of hydrogen-bond donors (Lipinski definition) is 1. The molecule has 0 radical (unpaired) electrons. The van der Waals surface area contributed by atoms with Gasteiger partial charge in [-0.05, 0) is 61.1 Å². The highest BCUT2D eigenvalue weighted by molar-refractivity contribution is 6.32. The number of aromatic nitrogens is 1. The second kappa shape index (κ2) is 5.94. The topological polar surface area (TPSA) is 34.1 Å². The molecule has 2 aromatic rings. The first kappa shape index (κ1) is 14.2. The molecule has 1 heterocycles. The highest BCUT2D eigenvalue weighted by atomic mass is 35.5. The number of fused-ring (bicyclic) bond motifs is 1. The van der Waals surface area contributed by atoms with Crippen LogP contribution in [0.15, 0.2) is 30.5 Å². The van der Waals surface area contributed by atoms with Crippen LogP contribution in [0.3, 0.4) is 0 Å². The maximum atomic E-state index is 6.20. The van der Waals surface area contributed by atoms with Gasteiger partial charge in [0, 0.05) is 12.2 Å². The summed E-state index contributed by atoms with van der Waals surface area (Å²) in [5.41, 5.74) is 4.86. The van der Waals surface area contributed by atoms with Gasteiger partial charge in [0.1, 0.15) is 5.75 Å². The molecule has 110 valence electrons. The fourth-order valence-corrected chi connectivity index (χ4v) is 3.15. The Hall–Kier alpha value is -1.74. The Balaban J connectivity index is 1.80. The minimum absolute atomic E-state index is 0.380. The molecule has 3 nitrogen and oxygen atoms in total. The lowest BCUT2D eigenvalue weighted by Gasteiger charge is -2.27. The second-order valence-electron chi connectivity index (χ2n) is 5.51. The van der Waals surface area contributed by atoms with Gasteiger partial charge >= 0.3 is 0 Å². The normalized spacial score (nSPS) is 17.2. The van der Waals surface area contributed by atoms with Crippen LogP contribution in [0.25, 0.3) is 0 Å². The van der Waals surface area contributed by atoms with E-state index in [-0.39, 0.29) is 0 Å².